The van der Waals surface area contributed by atoms with Gasteiger partial charge in [-0.3, -0.25) is 9.59 Å². The number of carbonyl (C=O) groups excluding carboxylic acids is 2. The summed E-state index contributed by atoms with van der Waals surface area (Å²) in [5, 5.41) is 2.86. The Balaban J connectivity index is 1.62. The van der Waals surface area contributed by atoms with Crippen molar-refractivity contribution in [1.29, 1.82) is 0 Å². The zero-order valence-corrected chi connectivity index (χ0v) is 21.2. The third-order valence-electron chi connectivity index (χ3n) is 8.06. The number of nitrogens with one attached hydrogen (secondary N) is 1. The van der Waals surface area contributed by atoms with E-state index in [-0.39, 0.29) is 48.6 Å². The van der Waals surface area contributed by atoms with Gasteiger partial charge in [-0.2, -0.15) is 13.2 Å². The molecule has 0 saturated carbocycles. The van der Waals surface area contributed by atoms with Gasteiger partial charge in [0.05, 0.1) is 0 Å². The molecule has 2 heterocycles. The minimum atomic E-state index is -4.99. The molecule has 9 heteroatoms. The molecule has 0 bridgehead atoms. The summed E-state index contributed by atoms with van der Waals surface area (Å²) in [5.41, 5.74) is -2.23. The average Bonchev–Trinajstić information content (AvgIpc) is 2.85. The summed E-state index contributed by atoms with van der Waals surface area (Å²) in [4.78, 5) is 27.2. The van der Waals surface area contributed by atoms with Crippen LogP contribution in [0.3, 0.4) is 0 Å². The normalized spacial score (nSPS) is 21.6. The van der Waals surface area contributed by atoms with E-state index in [1.165, 1.54) is 29.2 Å². The van der Waals surface area contributed by atoms with Gasteiger partial charge in [0, 0.05) is 44.6 Å². The van der Waals surface area contributed by atoms with Gasteiger partial charge in [-0.1, -0.05) is 50.2 Å². The highest BCUT2D eigenvalue weighted by molar-refractivity contribution is 5.88. The van der Waals surface area contributed by atoms with Gasteiger partial charge in [0.2, 0.25) is 5.91 Å². The van der Waals surface area contributed by atoms with Gasteiger partial charge < -0.3 is 15.0 Å². The van der Waals surface area contributed by atoms with Crippen molar-refractivity contribution in [3.05, 3.63) is 71.0 Å². The van der Waals surface area contributed by atoms with Crippen LogP contribution in [0.25, 0.3) is 0 Å². The summed E-state index contributed by atoms with van der Waals surface area (Å²) in [6.45, 7) is 4.32. The Hall–Kier alpha value is -2.94. The number of halogens is 4. The van der Waals surface area contributed by atoms with Crippen LogP contribution in [0, 0.1) is 11.2 Å². The summed E-state index contributed by atoms with van der Waals surface area (Å²) in [6.07, 6.45) is -4.10. The fraction of sp³-hybridized carbons (Fsp3) is 0.500. The zero-order valence-electron chi connectivity index (χ0n) is 21.2. The predicted octanol–water partition coefficient (Wildman–Crippen LogP) is 5.27. The van der Waals surface area contributed by atoms with Crippen LogP contribution < -0.4 is 5.32 Å². The Bertz CT molecular complexity index is 1120. The van der Waals surface area contributed by atoms with Crippen molar-refractivity contribution in [2.24, 2.45) is 5.41 Å². The quantitative estimate of drug-likeness (QED) is 0.547. The molecule has 2 saturated heterocycles. The van der Waals surface area contributed by atoms with Crippen molar-refractivity contribution < 1.29 is 31.9 Å². The molecule has 0 radical (unpaired) electrons. The van der Waals surface area contributed by atoms with Crippen LogP contribution in [0.2, 0.25) is 0 Å². The van der Waals surface area contributed by atoms with E-state index in [0.717, 1.165) is 18.2 Å². The number of likely N-dealkylation sites (tertiary alicyclic amines) is 1. The number of methoxy groups -OCH3 is 1. The van der Waals surface area contributed by atoms with Crippen molar-refractivity contribution in [3.63, 3.8) is 0 Å². The molecule has 37 heavy (non-hydrogen) atoms. The molecule has 0 aliphatic carbocycles. The number of benzene rings is 2. The number of nitrogens with zero attached hydrogens (tertiary/aromatic N) is 1. The molecule has 2 aromatic rings. The standard InChI is InChI=1S/C28H32F4N2O3/c1-18(2)19-4-8-21(9-5-19)27(37-3,28(30,31)32)25(36)34-14-12-26(13-15-34)16-24(35)33-17-23(26)20-6-10-22(29)11-7-20/h4-11,18,23H,12-17H2,1-3H3,(H,33,35)/t23-,27+/m0/s1. The van der Waals surface area contributed by atoms with Crippen LogP contribution in [0.5, 0.6) is 0 Å². The van der Waals surface area contributed by atoms with E-state index in [9.17, 15) is 27.2 Å². The number of rotatable bonds is 5. The number of alkyl halides is 3. The number of hydrogen-bond acceptors (Lipinski definition) is 3. The molecule has 1 spiro atoms. The second kappa shape index (κ2) is 10.1. The minimum absolute atomic E-state index is 0.0507. The van der Waals surface area contributed by atoms with E-state index in [2.05, 4.69) is 5.32 Å². The van der Waals surface area contributed by atoms with Crippen LogP contribution in [0.1, 0.15) is 61.6 Å². The molecular formula is C28H32F4N2O3. The molecule has 4 rings (SSSR count). The fourth-order valence-electron chi connectivity index (χ4n) is 5.84. The fourth-order valence-corrected chi connectivity index (χ4v) is 5.84. The second-order valence-electron chi connectivity index (χ2n) is 10.4. The van der Waals surface area contributed by atoms with Gasteiger partial charge in [-0.25, -0.2) is 4.39 Å². The van der Waals surface area contributed by atoms with E-state index >= 15 is 0 Å². The van der Waals surface area contributed by atoms with Crippen LogP contribution in [0.4, 0.5) is 17.6 Å². The zero-order chi connectivity index (χ0) is 27.0. The Morgan fingerprint density at radius 3 is 2.16 bits per heavy atom. The molecule has 2 aliphatic rings. The second-order valence-corrected chi connectivity index (χ2v) is 10.4. The molecular weight excluding hydrogens is 488 g/mol. The molecule has 2 fully saturated rings. The number of piperidine rings is 2. The van der Waals surface area contributed by atoms with Crippen LogP contribution in [-0.2, 0) is 19.9 Å². The summed E-state index contributed by atoms with van der Waals surface area (Å²) >= 11 is 0. The van der Waals surface area contributed by atoms with E-state index in [1.807, 2.05) is 13.8 Å². The maximum Gasteiger partial charge on any atom is 0.430 e. The van der Waals surface area contributed by atoms with Gasteiger partial charge in [0.1, 0.15) is 5.82 Å². The van der Waals surface area contributed by atoms with Crippen molar-refractivity contribution in [2.45, 2.75) is 56.7 Å². The first-order chi connectivity index (χ1) is 17.4. The first kappa shape index (κ1) is 27.1. The Morgan fingerprint density at radius 1 is 1.05 bits per heavy atom. The third-order valence-corrected chi connectivity index (χ3v) is 8.06. The number of ether oxygens (including phenoxy) is 1. The summed E-state index contributed by atoms with van der Waals surface area (Å²) < 4.78 is 62.3. The molecule has 2 atom stereocenters. The van der Waals surface area contributed by atoms with Crippen LogP contribution >= 0.6 is 0 Å². The molecule has 2 amide bonds. The monoisotopic (exact) mass is 520 g/mol. The lowest BCUT2D eigenvalue weighted by molar-refractivity contribution is -0.271. The minimum Gasteiger partial charge on any atom is -0.356 e. The highest BCUT2D eigenvalue weighted by atomic mass is 19.4. The highest BCUT2D eigenvalue weighted by Gasteiger charge is 2.64. The number of hydrogen-bond donors (Lipinski definition) is 1. The summed E-state index contributed by atoms with van der Waals surface area (Å²) in [5.74, 6) is -1.69. The van der Waals surface area contributed by atoms with Gasteiger partial charge in [-0.15, -0.1) is 0 Å². The number of amides is 2. The smallest absolute Gasteiger partial charge is 0.356 e. The maximum absolute atomic E-state index is 14.6. The van der Waals surface area contributed by atoms with Gasteiger partial charge in [-0.05, 0) is 47.4 Å². The molecule has 1 N–H and O–H groups in total. The third kappa shape index (κ3) is 4.85. The van der Waals surface area contributed by atoms with Crippen molar-refractivity contribution >= 4 is 11.8 Å². The molecule has 0 unspecified atom stereocenters. The maximum atomic E-state index is 14.6. The Kier molecular flexibility index (Phi) is 7.38. The lowest BCUT2D eigenvalue weighted by Gasteiger charge is -2.50. The molecule has 0 aromatic heterocycles. The van der Waals surface area contributed by atoms with E-state index in [4.69, 9.17) is 4.74 Å². The molecule has 200 valence electrons. The average molecular weight is 521 g/mol. The van der Waals surface area contributed by atoms with E-state index in [0.29, 0.717) is 19.4 Å². The van der Waals surface area contributed by atoms with Crippen LogP contribution in [0.15, 0.2) is 48.5 Å². The van der Waals surface area contributed by atoms with E-state index < -0.39 is 23.1 Å². The first-order valence-corrected chi connectivity index (χ1v) is 12.5. The lowest BCUT2D eigenvalue weighted by atomic mass is 9.62. The highest BCUT2D eigenvalue weighted by Crippen LogP contribution is 2.50. The first-order valence-electron chi connectivity index (χ1n) is 12.5. The SMILES string of the molecule is CO[C@@](C(=O)N1CCC2(CC1)CC(=O)NC[C@H]2c1ccc(F)cc1)(c1ccc(C(C)C)cc1)C(F)(F)F. The summed E-state index contributed by atoms with van der Waals surface area (Å²) in [7, 11) is 0.906. The molecule has 2 aromatic carbocycles. The number of carbonyl (C=O) groups is 2. The Morgan fingerprint density at radius 2 is 1.65 bits per heavy atom. The summed E-state index contributed by atoms with van der Waals surface area (Å²) in [6, 6.07) is 11.9. The topological polar surface area (TPSA) is 58.6 Å². The van der Waals surface area contributed by atoms with Crippen LogP contribution in [-0.4, -0.2) is 49.6 Å². The largest absolute Gasteiger partial charge is 0.430 e. The van der Waals surface area contributed by atoms with Gasteiger partial charge >= 0.3 is 6.18 Å². The van der Waals surface area contributed by atoms with Gasteiger partial charge in [0.15, 0.2) is 0 Å². The lowest BCUT2D eigenvalue weighted by Crippen LogP contribution is -2.60. The van der Waals surface area contributed by atoms with Gasteiger partial charge in [0.25, 0.3) is 11.5 Å². The predicted molar refractivity (Wildman–Crippen MR) is 130 cm³/mol. The molecule has 2 aliphatic heterocycles. The Labute approximate surface area is 214 Å². The van der Waals surface area contributed by atoms with Crippen molar-refractivity contribution in [2.75, 3.05) is 26.7 Å². The molecule has 5 nitrogen and oxygen atoms in total. The van der Waals surface area contributed by atoms with E-state index in [1.54, 1.807) is 24.3 Å². The van der Waals surface area contributed by atoms with Crippen molar-refractivity contribution in [3.8, 4) is 0 Å². The van der Waals surface area contributed by atoms with Crippen molar-refractivity contribution in [1.82, 2.24) is 10.2 Å².